The molecule has 1 saturated carbocycles. The lowest BCUT2D eigenvalue weighted by molar-refractivity contribution is -0.112. The summed E-state index contributed by atoms with van der Waals surface area (Å²) in [5.74, 6) is 1.07. The van der Waals surface area contributed by atoms with Crippen molar-refractivity contribution in [3.63, 3.8) is 0 Å². The lowest BCUT2D eigenvalue weighted by Gasteiger charge is -2.27. The summed E-state index contributed by atoms with van der Waals surface area (Å²) < 4.78 is 1.94. The number of nitrogens with zero attached hydrogens (tertiary/aromatic N) is 5. The molecule has 0 saturated heterocycles. The van der Waals surface area contributed by atoms with E-state index in [1.807, 2.05) is 42.9 Å². The van der Waals surface area contributed by atoms with Gasteiger partial charge in [-0.25, -0.2) is 15.0 Å². The van der Waals surface area contributed by atoms with Crippen LogP contribution in [0.25, 0.3) is 22.0 Å². The van der Waals surface area contributed by atoms with Gasteiger partial charge in [0.1, 0.15) is 11.6 Å². The Morgan fingerprint density at radius 1 is 1.25 bits per heavy atom. The molecule has 8 nitrogen and oxygen atoms in total. The fraction of sp³-hybridized carbons (Fsp3) is 0.208. The van der Waals surface area contributed by atoms with Crippen LogP contribution in [0.2, 0.25) is 0 Å². The van der Waals surface area contributed by atoms with Crippen LogP contribution < -0.4 is 11.1 Å². The molecule has 0 bridgehead atoms. The first-order valence-corrected chi connectivity index (χ1v) is 10.4. The lowest BCUT2D eigenvalue weighted by atomic mass is 9.78. The van der Waals surface area contributed by atoms with E-state index in [4.69, 9.17) is 5.73 Å². The van der Waals surface area contributed by atoms with Gasteiger partial charge < -0.3 is 15.6 Å². The summed E-state index contributed by atoms with van der Waals surface area (Å²) in [6.07, 6.45) is 12.4. The number of nitrogens with two attached hydrogens (primary N) is 1. The van der Waals surface area contributed by atoms with Gasteiger partial charge >= 0.3 is 0 Å². The van der Waals surface area contributed by atoms with Crippen molar-refractivity contribution in [2.45, 2.75) is 25.7 Å². The molecule has 0 unspecified atom stereocenters. The monoisotopic (exact) mass is 425 g/mol. The molecular weight excluding hydrogens is 402 g/mol. The fourth-order valence-corrected chi connectivity index (χ4v) is 4.00. The molecule has 8 heteroatoms. The van der Waals surface area contributed by atoms with E-state index in [0.717, 1.165) is 51.7 Å². The molecule has 4 aromatic heterocycles. The number of carbonyl (C=O) groups is 1. The van der Waals surface area contributed by atoms with E-state index in [2.05, 4.69) is 25.3 Å². The number of aromatic nitrogens is 5. The molecule has 32 heavy (non-hydrogen) atoms. The van der Waals surface area contributed by atoms with Crippen molar-refractivity contribution in [1.82, 2.24) is 24.5 Å². The zero-order valence-electron chi connectivity index (χ0n) is 17.9. The number of amides is 1. The number of carbonyl (C=O) groups excluding carboxylic acids is 1. The molecule has 1 aliphatic carbocycles. The topological polar surface area (TPSA) is 112 Å². The van der Waals surface area contributed by atoms with Crippen molar-refractivity contribution in [1.29, 1.82) is 0 Å². The van der Waals surface area contributed by atoms with Crippen molar-refractivity contribution in [3.05, 3.63) is 72.2 Å². The van der Waals surface area contributed by atoms with E-state index in [9.17, 15) is 4.79 Å². The minimum Gasteiger partial charge on any atom is -0.383 e. The van der Waals surface area contributed by atoms with Gasteiger partial charge in [-0.1, -0.05) is 5.57 Å². The van der Waals surface area contributed by atoms with E-state index in [-0.39, 0.29) is 5.91 Å². The Balaban J connectivity index is 1.33. The number of nitrogen functional groups attached to an aromatic ring is 1. The van der Waals surface area contributed by atoms with E-state index in [1.165, 1.54) is 0 Å². The van der Waals surface area contributed by atoms with Crippen LogP contribution in [0, 0.1) is 6.92 Å². The third-order valence-electron chi connectivity index (χ3n) is 5.81. The molecule has 4 heterocycles. The largest absolute Gasteiger partial charge is 0.383 e. The first kappa shape index (κ1) is 19.9. The Bertz CT molecular complexity index is 1360. The van der Waals surface area contributed by atoms with Crippen LogP contribution in [0.5, 0.6) is 0 Å². The molecule has 0 atom stereocenters. The van der Waals surface area contributed by atoms with Crippen molar-refractivity contribution in [2.24, 2.45) is 7.05 Å². The highest BCUT2D eigenvalue weighted by molar-refractivity contribution is 6.01. The van der Waals surface area contributed by atoms with Crippen LogP contribution in [-0.2, 0) is 11.8 Å². The van der Waals surface area contributed by atoms with E-state index < -0.39 is 0 Å². The maximum absolute atomic E-state index is 12.5. The van der Waals surface area contributed by atoms with Gasteiger partial charge in [0.2, 0.25) is 5.91 Å². The Hall–Kier alpha value is -4.07. The molecule has 1 aliphatic rings. The smallest absolute Gasteiger partial charge is 0.249 e. The van der Waals surface area contributed by atoms with Gasteiger partial charge in [-0.2, -0.15) is 0 Å². The molecular formula is C24H23N7O. The lowest BCUT2D eigenvalue weighted by Crippen LogP contribution is -2.17. The average Bonchev–Trinajstić information content (AvgIpc) is 3.16. The highest BCUT2D eigenvalue weighted by Gasteiger charge is 2.27. The quantitative estimate of drug-likeness (QED) is 0.482. The number of hydrogen-bond acceptors (Lipinski definition) is 6. The standard InChI is InChI=1S/C24H23N7O/c1-14-3-4-26-10-18(14)20-8-16-9-22(27-11-19(16)24(25)29-20)30-23(32)7-15-5-17(6-15)21-12-31(2)13-28-21/h3-4,7-13,17H,5-6H2,1-2H3,(H2,25,29)(H,27,30,32). The molecule has 5 rings (SSSR count). The normalized spacial score (nSPS) is 15.4. The molecule has 0 radical (unpaired) electrons. The summed E-state index contributed by atoms with van der Waals surface area (Å²) in [5.41, 5.74) is 11.1. The van der Waals surface area contributed by atoms with Gasteiger partial charge in [0.05, 0.1) is 17.7 Å². The number of pyridine rings is 3. The van der Waals surface area contributed by atoms with Crippen LogP contribution in [0.1, 0.15) is 30.0 Å². The average molecular weight is 425 g/mol. The van der Waals surface area contributed by atoms with Crippen LogP contribution in [0.3, 0.4) is 0 Å². The van der Waals surface area contributed by atoms with E-state index >= 15 is 0 Å². The SMILES string of the molecule is Cc1ccncc1-c1cc2cc(NC(=O)C=C3CC(c4cn(C)cn4)C3)ncc2c(N)n1. The number of imidazole rings is 1. The molecule has 1 fully saturated rings. The summed E-state index contributed by atoms with van der Waals surface area (Å²) in [5, 5.41) is 4.46. The number of nitrogens with one attached hydrogen (secondary N) is 1. The Morgan fingerprint density at radius 3 is 2.84 bits per heavy atom. The zero-order valence-corrected chi connectivity index (χ0v) is 17.9. The van der Waals surface area contributed by atoms with Crippen molar-refractivity contribution < 1.29 is 4.79 Å². The van der Waals surface area contributed by atoms with Gasteiger partial charge in [-0.15, -0.1) is 0 Å². The van der Waals surface area contributed by atoms with Gasteiger partial charge in [-0.05, 0) is 48.9 Å². The fourth-order valence-electron chi connectivity index (χ4n) is 4.00. The number of fused-ring (bicyclic) bond motifs is 1. The third kappa shape index (κ3) is 3.82. The second kappa shape index (κ2) is 7.88. The van der Waals surface area contributed by atoms with Gasteiger partial charge in [-0.3, -0.25) is 9.78 Å². The Labute approximate surface area is 185 Å². The number of aryl methyl sites for hydroxylation is 2. The van der Waals surface area contributed by atoms with Gasteiger partial charge in [0.15, 0.2) is 0 Å². The summed E-state index contributed by atoms with van der Waals surface area (Å²) in [6, 6.07) is 5.69. The first-order valence-electron chi connectivity index (χ1n) is 10.4. The van der Waals surface area contributed by atoms with E-state index in [0.29, 0.717) is 17.6 Å². The Morgan fingerprint density at radius 2 is 2.09 bits per heavy atom. The molecule has 0 spiro atoms. The van der Waals surface area contributed by atoms with Crippen molar-refractivity contribution in [2.75, 3.05) is 11.1 Å². The minimum atomic E-state index is -0.184. The van der Waals surface area contributed by atoms with Crippen LogP contribution in [-0.4, -0.2) is 30.4 Å². The number of hydrogen-bond donors (Lipinski definition) is 2. The Kier molecular flexibility index (Phi) is 4.89. The van der Waals surface area contributed by atoms with Gasteiger partial charge in [0, 0.05) is 54.8 Å². The van der Waals surface area contributed by atoms with Crippen LogP contribution in [0.4, 0.5) is 11.6 Å². The summed E-state index contributed by atoms with van der Waals surface area (Å²) >= 11 is 0. The minimum absolute atomic E-state index is 0.184. The number of rotatable bonds is 4. The molecule has 3 N–H and O–H groups in total. The zero-order chi connectivity index (χ0) is 22.2. The molecule has 160 valence electrons. The molecule has 4 aromatic rings. The highest BCUT2D eigenvalue weighted by Crippen LogP contribution is 2.40. The maximum atomic E-state index is 12.5. The van der Waals surface area contributed by atoms with E-state index in [1.54, 1.807) is 31.0 Å². The number of anilines is 2. The van der Waals surface area contributed by atoms with Gasteiger partial charge in [0.25, 0.3) is 0 Å². The van der Waals surface area contributed by atoms with Crippen LogP contribution in [0.15, 0.2) is 61.0 Å². The molecule has 0 aliphatic heterocycles. The van der Waals surface area contributed by atoms with Crippen molar-refractivity contribution in [3.8, 4) is 11.3 Å². The van der Waals surface area contributed by atoms with Crippen LogP contribution >= 0.6 is 0 Å². The third-order valence-corrected chi connectivity index (χ3v) is 5.81. The number of allylic oxidation sites excluding steroid dienone is 1. The second-order valence-electron chi connectivity index (χ2n) is 8.24. The molecule has 0 aromatic carbocycles. The highest BCUT2D eigenvalue weighted by atomic mass is 16.1. The maximum Gasteiger partial charge on any atom is 0.249 e. The predicted molar refractivity (Wildman–Crippen MR) is 124 cm³/mol. The molecule has 1 amide bonds. The summed E-state index contributed by atoms with van der Waals surface area (Å²) in [6.45, 7) is 2.00. The summed E-state index contributed by atoms with van der Waals surface area (Å²) in [4.78, 5) is 29.9. The summed E-state index contributed by atoms with van der Waals surface area (Å²) in [7, 11) is 1.96. The van der Waals surface area contributed by atoms with Crippen molar-refractivity contribution >= 4 is 28.3 Å². The predicted octanol–water partition coefficient (Wildman–Crippen LogP) is 3.76. The second-order valence-corrected chi connectivity index (χ2v) is 8.24. The first-order chi connectivity index (χ1) is 15.5.